The summed E-state index contributed by atoms with van der Waals surface area (Å²) >= 11 is 0. The van der Waals surface area contributed by atoms with Crippen molar-refractivity contribution in [2.75, 3.05) is 0 Å². The SMILES string of the molecule is Cn1c([N+](=O)[O-])cnc1C=CC(=O)c1ccccc1. The van der Waals surface area contributed by atoms with Gasteiger partial charge in [-0.3, -0.25) is 4.79 Å². The number of carbonyl (C=O) groups excluding carboxylic acids is 1. The zero-order chi connectivity index (χ0) is 13.8. The molecule has 0 saturated carbocycles. The Labute approximate surface area is 109 Å². The molecule has 0 aliphatic carbocycles. The zero-order valence-corrected chi connectivity index (χ0v) is 10.2. The molecule has 1 aromatic carbocycles. The molecule has 0 atom stereocenters. The first-order chi connectivity index (χ1) is 9.09. The van der Waals surface area contributed by atoms with Crippen LogP contribution in [0, 0.1) is 10.1 Å². The van der Waals surface area contributed by atoms with Gasteiger partial charge in [0.05, 0.1) is 7.05 Å². The monoisotopic (exact) mass is 257 g/mol. The molecule has 0 aliphatic heterocycles. The van der Waals surface area contributed by atoms with Gasteiger partial charge in [-0.2, -0.15) is 0 Å². The molecule has 0 fully saturated rings. The number of hydrogen-bond donors (Lipinski definition) is 0. The summed E-state index contributed by atoms with van der Waals surface area (Å²) in [7, 11) is 1.53. The Kier molecular flexibility index (Phi) is 3.51. The molecular weight excluding hydrogens is 246 g/mol. The Hall–Kier alpha value is -2.76. The molecule has 1 aromatic heterocycles. The number of nitro groups is 1. The molecule has 0 radical (unpaired) electrons. The molecular formula is C13H11N3O3. The third kappa shape index (κ3) is 2.74. The maximum atomic E-state index is 11.8. The number of ketones is 1. The molecule has 6 nitrogen and oxygen atoms in total. The van der Waals surface area contributed by atoms with Gasteiger partial charge in [0.25, 0.3) is 0 Å². The Morgan fingerprint density at radius 2 is 2.05 bits per heavy atom. The molecule has 1 heterocycles. The van der Waals surface area contributed by atoms with Crippen molar-refractivity contribution in [2.45, 2.75) is 0 Å². The summed E-state index contributed by atoms with van der Waals surface area (Å²) in [6.07, 6.45) is 3.97. The number of allylic oxidation sites excluding steroid dienone is 1. The van der Waals surface area contributed by atoms with E-state index in [1.165, 1.54) is 23.8 Å². The van der Waals surface area contributed by atoms with E-state index in [0.717, 1.165) is 6.20 Å². The van der Waals surface area contributed by atoms with Crippen LogP contribution in [0.4, 0.5) is 5.82 Å². The number of nitrogens with zero attached hydrogens (tertiary/aromatic N) is 3. The lowest BCUT2D eigenvalue weighted by Gasteiger charge is -1.95. The van der Waals surface area contributed by atoms with Crippen molar-refractivity contribution >= 4 is 17.7 Å². The van der Waals surface area contributed by atoms with Crippen molar-refractivity contribution in [1.29, 1.82) is 0 Å². The normalized spacial score (nSPS) is 10.8. The van der Waals surface area contributed by atoms with E-state index in [2.05, 4.69) is 4.98 Å². The summed E-state index contributed by atoms with van der Waals surface area (Å²) in [5, 5.41) is 10.6. The molecule has 0 bridgehead atoms. The van der Waals surface area contributed by atoms with Crippen molar-refractivity contribution in [2.24, 2.45) is 7.05 Å². The van der Waals surface area contributed by atoms with E-state index in [-0.39, 0.29) is 11.6 Å². The standard InChI is InChI=1S/C13H11N3O3/c1-15-12(14-9-13(15)16(18)19)8-7-11(17)10-5-3-2-4-6-10/h2-9H,1H3. The van der Waals surface area contributed by atoms with E-state index in [9.17, 15) is 14.9 Å². The number of benzene rings is 1. The second-order valence-corrected chi connectivity index (χ2v) is 3.85. The van der Waals surface area contributed by atoms with E-state index < -0.39 is 4.92 Å². The second kappa shape index (κ2) is 5.26. The summed E-state index contributed by atoms with van der Waals surface area (Å²) in [6.45, 7) is 0. The first-order valence-electron chi connectivity index (χ1n) is 5.53. The molecule has 19 heavy (non-hydrogen) atoms. The lowest BCUT2D eigenvalue weighted by molar-refractivity contribution is -0.391. The highest BCUT2D eigenvalue weighted by Crippen LogP contribution is 2.13. The van der Waals surface area contributed by atoms with Gasteiger partial charge >= 0.3 is 5.82 Å². The Bertz CT molecular complexity index is 644. The number of rotatable bonds is 4. The zero-order valence-electron chi connectivity index (χ0n) is 10.2. The summed E-state index contributed by atoms with van der Waals surface area (Å²) in [5.74, 6) is 0.0639. The molecule has 96 valence electrons. The fourth-order valence-corrected chi connectivity index (χ4v) is 1.59. The van der Waals surface area contributed by atoms with Crippen molar-refractivity contribution < 1.29 is 9.72 Å². The second-order valence-electron chi connectivity index (χ2n) is 3.85. The summed E-state index contributed by atoms with van der Waals surface area (Å²) in [6, 6.07) is 8.77. The van der Waals surface area contributed by atoms with E-state index in [0.29, 0.717) is 11.4 Å². The van der Waals surface area contributed by atoms with Crippen LogP contribution in [0.3, 0.4) is 0 Å². The van der Waals surface area contributed by atoms with E-state index in [1.807, 2.05) is 6.07 Å². The highest BCUT2D eigenvalue weighted by molar-refractivity contribution is 6.06. The van der Waals surface area contributed by atoms with Gasteiger partial charge in [0.15, 0.2) is 5.78 Å². The lowest BCUT2D eigenvalue weighted by atomic mass is 10.1. The molecule has 0 saturated heterocycles. The van der Waals surface area contributed by atoms with Crippen LogP contribution in [0.1, 0.15) is 16.2 Å². The minimum Gasteiger partial charge on any atom is -0.358 e. The van der Waals surface area contributed by atoms with Crippen LogP contribution >= 0.6 is 0 Å². The maximum Gasteiger partial charge on any atom is 0.342 e. The molecule has 0 aliphatic rings. The summed E-state index contributed by atoms with van der Waals surface area (Å²) in [5.41, 5.74) is 0.558. The number of aromatic nitrogens is 2. The predicted molar refractivity (Wildman–Crippen MR) is 69.7 cm³/mol. The third-order valence-corrected chi connectivity index (χ3v) is 2.63. The van der Waals surface area contributed by atoms with Crippen molar-refractivity contribution in [3.63, 3.8) is 0 Å². The quantitative estimate of drug-likeness (QED) is 0.364. The summed E-state index contributed by atoms with van der Waals surface area (Å²) in [4.78, 5) is 25.8. The lowest BCUT2D eigenvalue weighted by Crippen LogP contribution is -1.99. The van der Waals surface area contributed by atoms with Crippen molar-refractivity contribution in [1.82, 2.24) is 9.55 Å². The smallest absolute Gasteiger partial charge is 0.342 e. The topological polar surface area (TPSA) is 78.0 Å². The Morgan fingerprint density at radius 1 is 1.37 bits per heavy atom. The fourth-order valence-electron chi connectivity index (χ4n) is 1.59. The van der Waals surface area contributed by atoms with Gasteiger partial charge in [-0.15, -0.1) is 0 Å². The average Bonchev–Trinajstić information content (AvgIpc) is 2.78. The van der Waals surface area contributed by atoms with E-state index in [1.54, 1.807) is 24.3 Å². The van der Waals surface area contributed by atoms with Crippen LogP contribution in [0.15, 0.2) is 42.6 Å². The van der Waals surface area contributed by atoms with Gasteiger partial charge in [-0.05, 0) is 11.0 Å². The minimum absolute atomic E-state index is 0.119. The first-order valence-corrected chi connectivity index (χ1v) is 5.53. The van der Waals surface area contributed by atoms with Crippen LogP contribution in [-0.4, -0.2) is 20.3 Å². The van der Waals surface area contributed by atoms with Crippen molar-refractivity contribution in [3.05, 3.63) is 64.1 Å². The van der Waals surface area contributed by atoms with Gasteiger partial charge in [0, 0.05) is 11.6 Å². The first kappa shape index (κ1) is 12.7. The van der Waals surface area contributed by atoms with Crippen LogP contribution < -0.4 is 0 Å². The van der Waals surface area contributed by atoms with Gasteiger partial charge in [0.2, 0.25) is 5.82 Å². The molecule has 0 N–H and O–H groups in total. The Balaban J connectivity index is 2.20. The maximum absolute atomic E-state index is 11.8. The van der Waals surface area contributed by atoms with Gasteiger partial charge in [-0.25, -0.2) is 9.55 Å². The number of imidazole rings is 1. The largest absolute Gasteiger partial charge is 0.358 e. The average molecular weight is 257 g/mol. The van der Waals surface area contributed by atoms with Crippen LogP contribution in [-0.2, 0) is 7.05 Å². The van der Waals surface area contributed by atoms with E-state index >= 15 is 0 Å². The van der Waals surface area contributed by atoms with E-state index in [4.69, 9.17) is 0 Å². The molecule has 6 heteroatoms. The molecule has 0 spiro atoms. The fraction of sp³-hybridized carbons (Fsp3) is 0.0769. The number of hydrogen-bond acceptors (Lipinski definition) is 4. The highest BCUT2D eigenvalue weighted by Gasteiger charge is 2.14. The molecule has 0 unspecified atom stereocenters. The van der Waals surface area contributed by atoms with Crippen molar-refractivity contribution in [3.8, 4) is 0 Å². The summed E-state index contributed by atoms with van der Waals surface area (Å²) < 4.78 is 1.31. The van der Waals surface area contributed by atoms with Crippen LogP contribution in [0.5, 0.6) is 0 Å². The molecule has 2 rings (SSSR count). The minimum atomic E-state index is -0.524. The van der Waals surface area contributed by atoms with Gasteiger partial charge in [0.1, 0.15) is 6.20 Å². The Morgan fingerprint density at radius 3 is 2.63 bits per heavy atom. The van der Waals surface area contributed by atoms with Gasteiger partial charge in [-0.1, -0.05) is 30.3 Å². The number of carbonyl (C=O) groups is 1. The highest BCUT2D eigenvalue weighted by atomic mass is 16.6. The van der Waals surface area contributed by atoms with Crippen LogP contribution in [0.25, 0.3) is 6.08 Å². The predicted octanol–water partition coefficient (Wildman–Crippen LogP) is 2.22. The molecule has 0 amide bonds. The van der Waals surface area contributed by atoms with Crippen LogP contribution in [0.2, 0.25) is 0 Å². The van der Waals surface area contributed by atoms with Gasteiger partial charge < -0.3 is 10.1 Å². The molecule has 2 aromatic rings. The third-order valence-electron chi connectivity index (χ3n) is 2.63.